The van der Waals surface area contributed by atoms with Gasteiger partial charge in [0.25, 0.3) is 0 Å². The molecule has 0 saturated heterocycles. The maximum Gasteiger partial charge on any atom is 0.147 e. The fourth-order valence-corrected chi connectivity index (χ4v) is 2.18. The van der Waals surface area contributed by atoms with Gasteiger partial charge in [0.1, 0.15) is 12.2 Å². The molecule has 0 aliphatic rings. The van der Waals surface area contributed by atoms with Gasteiger partial charge in [-0.2, -0.15) is 5.10 Å². The molecule has 1 heterocycles. The third kappa shape index (κ3) is 1.79. The fraction of sp³-hybridized carbons (Fsp3) is 0.200. The summed E-state index contributed by atoms with van der Waals surface area (Å²) in [4.78, 5) is 4.11. The summed E-state index contributed by atoms with van der Waals surface area (Å²) in [6.07, 6.45) is 1.74. The van der Waals surface area contributed by atoms with Crippen molar-refractivity contribution in [2.24, 2.45) is 0 Å². The van der Waals surface area contributed by atoms with Gasteiger partial charge < -0.3 is 0 Å². The molecule has 1 aromatic carbocycles. The van der Waals surface area contributed by atoms with Crippen LogP contribution in [0.4, 0.5) is 0 Å². The van der Waals surface area contributed by atoms with E-state index in [1.165, 1.54) is 9.13 Å². The Morgan fingerprint density at radius 2 is 2.07 bits per heavy atom. The van der Waals surface area contributed by atoms with Crippen molar-refractivity contribution in [3.8, 4) is 5.69 Å². The lowest BCUT2D eigenvalue weighted by Gasteiger charge is -2.03. The predicted octanol–water partition coefficient (Wildman–Crippen LogP) is 2.49. The van der Waals surface area contributed by atoms with Crippen molar-refractivity contribution in [3.63, 3.8) is 0 Å². The van der Waals surface area contributed by atoms with Crippen LogP contribution in [0, 0.1) is 17.4 Å². The van der Waals surface area contributed by atoms with E-state index in [2.05, 4.69) is 57.8 Å². The zero-order valence-electron chi connectivity index (χ0n) is 8.03. The molecule has 72 valence electrons. The Bertz CT molecular complexity index is 462. The van der Waals surface area contributed by atoms with Crippen LogP contribution in [0.25, 0.3) is 5.69 Å². The van der Waals surface area contributed by atoms with E-state index in [0.29, 0.717) is 0 Å². The van der Waals surface area contributed by atoms with E-state index in [9.17, 15) is 0 Å². The molecule has 1 aromatic heterocycles. The third-order valence-electron chi connectivity index (χ3n) is 1.96. The predicted molar refractivity (Wildman–Crippen MR) is 63.6 cm³/mol. The van der Waals surface area contributed by atoms with Gasteiger partial charge in [-0.1, -0.05) is 6.07 Å². The fourth-order valence-electron chi connectivity index (χ4n) is 1.26. The SMILES string of the molecule is Cc1ccc(-n2cnc(C)n2)c(I)c1. The minimum atomic E-state index is 0.793. The molecule has 0 unspecified atom stereocenters. The molecule has 0 atom stereocenters. The average Bonchev–Trinajstić information content (AvgIpc) is 2.51. The molecule has 3 nitrogen and oxygen atoms in total. The van der Waals surface area contributed by atoms with Crippen LogP contribution in [0.2, 0.25) is 0 Å². The molecular weight excluding hydrogens is 289 g/mol. The Labute approximate surface area is 96.3 Å². The molecule has 14 heavy (non-hydrogen) atoms. The summed E-state index contributed by atoms with van der Waals surface area (Å²) in [6.45, 7) is 3.97. The summed E-state index contributed by atoms with van der Waals surface area (Å²) in [5.74, 6) is 0.793. The number of halogens is 1. The van der Waals surface area contributed by atoms with Crippen LogP contribution in [0.1, 0.15) is 11.4 Å². The van der Waals surface area contributed by atoms with E-state index in [1.807, 2.05) is 6.92 Å². The van der Waals surface area contributed by atoms with Gasteiger partial charge in [-0.15, -0.1) is 0 Å². The van der Waals surface area contributed by atoms with Gasteiger partial charge in [0.2, 0.25) is 0 Å². The van der Waals surface area contributed by atoms with E-state index in [-0.39, 0.29) is 0 Å². The van der Waals surface area contributed by atoms with E-state index in [1.54, 1.807) is 11.0 Å². The summed E-state index contributed by atoms with van der Waals surface area (Å²) in [5, 5.41) is 4.27. The van der Waals surface area contributed by atoms with Gasteiger partial charge in [-0.25, -0.2) is 9.67 Å². The van der Waals surface area contributed by atoms with Gasteiger partial charge >= 0.3 is 0 Å². The topological polar surface area (TPSA) is 30.7 Å². The highest BCUT2D eigenvalue weighted by molar-refractivity contribution is 14.1. The van der Waals surface area contributed by atoms with Crippen LogP contribution in [-0.2, 0) is 0 Å². The molecule has 0 saturated carbocycles. The normalized spacial score (nSPS) is 10.5. The zero-order valence-corrected chi connectivity index (χ0v) is 10.2. The van der Waals surface area contributed by atoms with Gasteiger partial charge in [-0.3, -0.25) is 0 Å². The van der Waals surface area contributed by atoms with Crippen molar-refractivity contribution in [3.05, 3.63) is 39.5 Å². The average molecular weight is 299 g/mol. The standard InChI is InChI=1S/C10H10IN3/c1-7-3-4-10(9(11)5-7)14-6-12-8(2)13-14/h3-6H,1-2H3. The number of rotatable bonds is 1. The van der Waals surface area contributed by atoms with Crippen molar-refractivity contribution in [1.82, 2.24) is 14.8 Å². The number of benzene rings is 1. The molecule has 2 rings (SSSR count). The second-order valence-electron chi connectivity index (χ2n) is 3.19. The Balaban J connectivity index is 2.52. The van der Waals surface area contributed by atoms with Gasteiger partial charge in [0.15, 0.2) is 0 Å². The first-order valence-corrected chi connectivity index (χ1v) is 5.39. The number of aromatic nitrogens is 3. The minimum absolute atomic E-state index is 0.793. The Morgan fingerprint density at radius 1 is 1.29 bits per heavy atom. The Kier molecular flexibility index (Phi) is 2.54. The molecule has 4 heteroatoms. The molecular formula is C10H10IN3. The second-order valence-corrected chi connectivity index (χ2v) is 4.35. The van der Waals surface area contributed by atoms with E-state index < -0.39 is 0 Å². The summed E-state index contributed by atoms with van der Waals surface area (Å²) < 4.78 is 2.99. The summed E-state index contributed by atoms with van der Waals surface area (Å²) in [6, 6.07) is 6.27. The molecule has 0 amide bonds. The Morgan fingerprint density at radius 3 is 2.64 bits per heavy atom. The lowest BCUT2D eigenvalue weighted by molar-refractivity contribution is 0.857. The van der Waals surface area contributed by atoms with Crippen LogP contribution < -0.4 is 0 Å². The monoisotopic (exact) mass is 299 g/mol. The molecule has 0 spiro atoms. The third-order valence-corrected chi connectivity index (χ3v) is 2.82. The quantitative estimate of drug-likeness (QED) is 0.757. The van der Waals surface area contributed by atoms with Gasteiger partial charge in [-0.05, 0) is 54.1 Å². The van der Waals surface area contributed by atoms with Crippen molar-refractivity contribution in [1.29, 1.82) is 0 Å². The van der Waals surface area contributed by atoms with Crippen molar-refractivity contribution < 1.29 is 0 Å². The number of aryl methyl sites for hydroxylation is 2. The smallest absolute Gasteiger partial charge is 0.147 e. The number of hydrogen-bond acceptors (Lipinski definition) is 2. The van der Waals surface area contributed by atoms with Crippen LogP contribution in [0.3, 0.4) is 0 Å². The lowest BCUT2D eigenvalue weighted by atomic mass is 10.2. The van der Waals surface area contributed by atoms with E-state index in [4.69, 9.17) is 0 Å². The maximum atomic E-state index is 4.27. The molecule has 0 radical (unpaired) electrons. The van der Waals surface area contributed by atoms with Gasteiger partial charge in [0, 0.05) is 3.57 Å². The lowest BCUT2D eigenvalue weighted by Crippen LogP contribution is -1.98. The highest BCUT2D eigenvalue weighted by Crippen LogP contribution is 2.17. The molecule has 0 bridgehead atoms. The zero-order chi connectivity index (χ0) is 10.1. The maximum absolute atomic E-state index is 4.27. The number of hydrogen-bond donors (Lipinski definition) is 0. The second kappa shape index (κ2) is 3.68. The Hall–Kier alpha value is -0.910. The van der Waals surface area contributed by atoms with E-state index in [0.717, 1.165) is 11.5 Å². The largest absolute Gasteiger partial charge is 0.220 e. The summed E-state index contributed by atoms with van der Waals surface area (Å²) >= 11 is 2.31. The molecule has 0 N–H and O–H groups in total. The molecule has 0 aliphatic heterocycles. The summed E-state index contributed by atoms with van der Waals surface area (Å²) in [7, 11) is 0. The van der Waals surface area contributed by atoms with Crippen LogP contribution >= 0.6 is 22.6 Å². The van der Waals surface area contributed by atoms with E-state index >= 15 is 0 Å². The highest BCUT2D eigenvalue weighted by Gasteiger charge is 2.03. The van der Waals surface area contributed by atoms with Crippen LogP contribution in [-0.4, -0.2) is 14.8 Å². The minimum Gasteiger partial charge on any atom is -0.220 e. The first-order valence-electron chi connectivity index (χ1n) is 4.31. The van der Waals surface area contributed by atoms with Crippen LogP contribution in [0.5, 0.6) is 0 Å². The molecule has 0 aliphatic carbocycles. The molecule has 2 aromatic rings. The van der Waals surface area contributed by atoms with Crippen molar-refractivity contribution in [2.75, 3.05) is 0 Å². The first-order chi connectivity index (χ1) is 6.66. The van der Waals surface area contributed by atoms with Crippen molar-refractivity contribution >= 4 is 22.6 Å². The van der Waals surface area contributed by atoms with Crippen molar-refractivity contribution in [2.45, 2.75) is 13.8 Å². The highest BCUT2D eigenvalue weighted by atomic mass is 127. The molecule has 0 fully saturated rings. The summed E-state index contributed by atoms with van der Waals surface area (Å²) in [5.41, 5.74) is 2.34. The number of nitrogens with zero attached hydrogens (tertiary/aromatic N) is 3. The van der Waals surface area contributed by atoms with Gasteiger partial charge in [0.05, 0.1) is 5.69 Å². The van der Waals surface area contributed by atoms with Crippen LogP contribution in [0.15, 0.2) is 24.5 Å². The first kappa shape index (κ1) is 9.64.